The fraction of sp³-hybridized carbons (Fsp3) is 0. The Labute approximate surface area is 374 Å². The lowest BCUT2D eigenvalue weighted by molar-refractivity contribution is 1.19. The third kappa shape index (κ3) is 5.50. The number of aromatic nitrogens is 4. The lowest BCUT2D eigenvalue weighted by atomic mass is 9.91. The van der Waals surface area contributed by atoms with Crippen LogP contribution in [-0.2, 0) is 0 Å². The van der Waals surface area contributed by atoms with E-state index in [0.29, 0.717) is 55.0 Å². The van der Waals surface area contributed by atoms with Gasteiger partial charge in [-0.15, -0.1) is 0 Å². The Morgan fingerprint density at radius 3 is 1.47 bits per heavy atom. The molecule has 4 heterocycles. The summed E-state index contributed by atoms with van der Waals surface area (Å²) >= 11 is 0. The Bertz CT molecular complexity index is 4390. The number of rotatable bonds is 3. The van der Waals surface area contributed by atoms with Crippen LogP contribution in [0.15, 0.2) is 186 Å². The number of para-hydroxylation sites is 2. The second kappa shape index (κ2) is 14.7. The fourth-order valence-corrected chi connectivity index (χ4v) is 9.73. The molecule has 0 aliphatic heterocycles. The number of nitriles is 3. The first-order valence-electron chi connectivity index (χ1n) is 21.2. The molecule has 0 saturated carbocycles. The number of hydrogen-bond donors (Lipinski definition) is 0. The van der Waals surface area contributed by atoms with Gasteiger partial charge in [-0.2, -0.15) is 15.8 Å². The van der Waals surface area contributed by atoms with Crippen LogP contribution in [0.4, 0.5) is 0 Å². The Morgan fingerprint density at radius 1 is 0.379 bits per heavy atom. The van der Waals surface area contributed by atoms with Gasteiger partial charge < -0.3 is 0 Å². The predicted molar refractivity (Wildman–Crippen MR) is 261 cm³/mol. The fourth-order valence-electron chi connectivity index (χ4n) is 9.73. The van der Waals surface area contributed by atoms with Crippen molar-refractivity contribution in [1.82, 2.24) is 18.8 Å². The van der Waals surface area contributed by atoms with Crippen LogP contribution < -0.4 is 11.1 Å². The Hall–Kier alpha value is -9.75. The molecule has 0 radical (unpaired) electrons. The molecule has 0 fully saturated rings. The molecule has 304 valence electrons. The molecule has 0 unspecified atom stereocenters. The summed E-state index contributed by atoms with van der Waals surface area (Å²) in [5.41, 5.74) is 11.0. The molecule has 0 atom stereocenters. The Kier molecular flexibility index (Phi) is 8.44. The molecule has 0 aliphatic carbocycles. The van der Waals surface area contributed by atoms with Gasteiger partial charge >= 0.3 is 0 Å². The SMILES string of the molecule is N#Cc1ccc2c(=O)n3c(nc4cc(-c5ccccc5)cc(-c5ccccc5)c43)c3ccc(C#N)c1c23.N#Cc1ccc2c3c1c(-c1ccccc1)ccc3c(=O)n1c3ccccc3nc21. The summed E-state index contributed by atoms with van der Waals surface area (Å²) in [5.74, 6) is 0. The van der Waals surface area contributed by atoms with Crippen LogP contribution in [-0.4, -0.2) is 18.8 Å². The van der Waals surface area contributed by atoms with E-state index in [0.717, 1.165) is 71.5 Å². The van der Waals surface area contributed by atoms with Gasteiger partial charge in [0.1, 0.15) is 11.3 Å². The van der Waals surface area contributed by atoms with Crippen molar-refractivity contribution >= 4 is 76.5 Å². The smallest absolute Gasteiger partial charge is 0.264 e. The minimum absolute atomic E-state index is 0.110. The molecule has 0 saturated heterocycles. The minimum Gasteiger partial charge on any atom is -0.268 e. The summed E-state index contributed by atoms with van der Waals surface area (Å²) in [6.45, 7) is 0. The van der Waals surface area contributed by atoms with Crippen molar-refractivity contribution in [1.29, 1.82) is 15.8 Å². The van der Waals surface area contributed by atoms with Gasteiger partial charge in [-0.1, -0.05) is 109 Å². The van der Waals surface area contributed by atoms with E-state index in [2.05, 4.69) is 36.4 Å². The first-order valence-corrected chi connectivity index (χ1v) is 21.2. The summed E-state index contributed by atoms with van der Waals surface area (Å²) in [5, 5.41) is 34.7. The molecule has 13 rings (SSSR count). The van der Waals surface area contributed by atoms with Crippen molar-refractivity contribution in [2.24, 2.45) is 0 Å². The van der Waals surface area contributed by atoms with E-state index in [1.54, 1.807) is 27.0 Å². The second-order valence-electron chi connectivity index (χ2n) is 16.1. The van der Waals surface area contributed by atoms with Gasteiger partial charge in [0.25, 0.3) is 11.1 Å². The van der Waals surface area contributed by atoms with E-state index < -0.39 is 0 Å². The molecule has 13 aromatic rings. The average molecular weight is 844 g/mol. The summed E-state index contributed by atoms with van der Waals surface area (Å²) < 4.78 is 3.36. The summed E-state index contributed by atoms with van der Waals surface area (Å²) in [4.78, 5) is 37.3. The number of pyridine rings is 2. The van der Waals surface area contributed by atoms with Crippen molar-refractivity contribution in [3.8, 4) is 51.6 Å². The minimum atomic E-state index is -0.223. The molecule has 4 aromatic heterocycles. The van der Waals surface area contributed by atoms with E-state index >= 15 is 0 Å². The third-order valence-corrected chi connectivity index (χ3v) is 12.6. The van der Waals surface area contributed by atoms with Crippen LogP contribution in [0.3, 0.4) is 0 Å². The summed E-state index contributed by atoms with van der Waals surface area (Å²) in [6.07, 6.45) is 0. The molecule has 0 N–H and O–H groups in total. The number of imidazole rings is 2. The number of hydrogen-bond acceptors (Lipinski definition) is 7. The first-order chi connectivity index (χ1) is 32.5. The zero-order valence-electron chi connectivity index (χ0n) is 34.7. The van der Waals surface area contributed by atoms with Gasteiger partial charge in [-0.05, 0) is 94.5 Å². The normalized spacial score (nSPS) is 11.4. The Morgan fingerprint density at radius 2 is 0.848 bits per heavy atom. The highest BCUT2D eigenvalue weighted by Gasteiger charge is 2.23. The maximum absolute atomic E-state index is 14.1. The lowest BCUT2D eigenvalue weighted by Gasteiger charge is -2.13. The van der Waals surface area contributed by atoms with E-state index in [4.69, 9.17) is 9.97 Å². The van der Waals surface area contributed by atoms with Crippen LogP contribution >= 0.6 is 0 Å². The average Bonchev–Trinajstić information content (AvgIpc) is 3.97. The van der Waals surface area contributed by atoms with Crippen LogP contribution in [0.25, 0.3) is 110 Å². The monoisotopic (exact) mass is 843 g/mol. The molecule has 9 nitrogen and oxygen atoms in total. The van der Waals surface area contributed by atoms with Crippen LogP contribution in [0.1, 0.15) is 16.7 Å². The van der Waals surface area contributed by atoms with Gasteiger partial charge in [-0.25, -0.2) is 9.97 Å². The molecule has 9 heteroatoms. The van der Waals surface area contributed by atoms with E-state index in [1.165, 1.54) is 0 Å². The zero-order valence-corrected chi connectivity index (χ0v) is 34.7. The van der Waals surface area contributed by atoms with Crippen molar-refractivity contribution in [2.45, 2.75) is 0 Å². The van der Waals surface area contributed by atoms with Crippen molar-refractivity contribution in [2.75, 3.05) is 0 Å². The van der Waals surface area contributed by atoms with Crippen LogP contribution in [0.2, 0.25) is 0 Å². The molecule has 0 aliphatic rings. The number of fused-ring (bicyclic) bond motifs is 8. The highest BCUT2D eigenvalue weighted by Crippen LogP contribution is 2.40. The maximum atomic E-state index is 14.1. The number of benzene rings is 9. The topological polar surface area (TPSA) is 140 Å². The molecular formula is C57H29N7O2. The van der Waals surface area contributed by atoms with E-state index in [-0.39, 0.29) is 11.1 Å². The van der Waals surface area contributed by atoms with Crippen molar-refractivity contribution in [3.63, 3.8) is 0 Å². The zero-order chi connectivity index (χ0) is 44.6. The van der Waals surface area contributed by atoms with Crippen LogP contribution in [0, 0.1) is 34.0 Å². The molecule has 0 amide bonds. The summed E-state index contributed by atoms with van der Waals surface area (Å²) in [6, 6.07) is 62.9. The van der Waals surface area contributed by atoms with E-state index in [1.807, 2.05) is 140 Å². The molecule has 0 bridgehead atoms. The quantitative estimate of drug-likeness (QED) is 0.172. The summed E-state index contributed by atoms with van der Waals surface area (Å²) in [7, 11) is 0. The van der Waals surface area contributed by atoms with Gasteiger partial charge in [0.05, 0.1) is 57.0 Å². The Balaban J connectivity index is 0.000000142. The molecule has 0 spiro atoms. The van der Waals surface area contributed by atoms with Gasteiger partial charge in [0.2, 0.25) is 0 Å². The number of nitrogens with zero attached hydrogens (tertiary/aromatic N) is 7. The molecular weight excluding hydrogens is 815 g/mol. The van der Waals surface area contributed by atoms with Gasteiger partial charge in [-0.3, -0.25) is 18.4 Å². The lowest BCUT2D eigenvalue weighted by Crippen LogP contribution is -2.14. The van der Waals surface area contributed by atoms with Crippen molar-refractivity contribution in [3.05, 3.63) is 213 Å². The van der Waals surface area contributed by atoms with Crippen molar-refractivity contribution < 1.29 is 0 Å². The van der Waals surface area contributed by atoms with Gasteiger partial charge in [0.15, 0.2) is 0 Å². The van der Waals surface area contributed by atoms with E-state index in [9.17, 15) is 25.4 Å². The van der Waals surface area contributed by atoms with Gasteiger partial charge in [0, 0.05) is 48.7 Å². The maximum Gasteiger partial charge on any atom is 0.264 e. The highest BCUT2D eigenvalue weighted by molar-refractivity contribution is 6.21. The van der Waals surface area contributed by atoms with Crippen LogP contribution in [0.5, 0.6) is 0 Å². The largest absolute Gasteiger partial charge is 0.268 e. The molecule has 9 aromatic carbocycles. The predicted octanol–water partition coefficient (Wildman–Crippen LogP) is 11.8. The third-order valence-electron chi connectivity index (χ3n) is 12.6. The molecule has 66 heavy (non-hydrogen) atoms. The highest BCUT2D eigenvalue weighted by atomic mass is 16.1. The standard InChI is InChI=1S/C32H16N4O.C25H13N3O/c33-17-21-11-13-24-29-25(14-12-22(18-34)28(21)29)32(37)36-30-26(20-9-5-2-6-10-20)15-23(16-27(30)35-31(24)36)19-7-3-1-4-8-19;26-14-16-10-11-18-23-19(13-12-17(22(16)23)15-6-2-1-3-7-15)25(29)28-21-9-5-4-8-20(21)27-24(18)28/h1-16H;1-13H. The second-order valence-corrected chi connectivity index (χ2v) is 16.1. The first kappa shape index (κ1) is 38.0.